The summed E-state index contributed by atoms with van der Waals surface area (Å²) in [5.41, 5.74) is 3.89. The minimum atomic E-state index is -0.612. The summed E-state index contributed by atoms with van der Waals surface area (Å²) in [6, 6.07) is 15.4. The Morgan fingerprint density at radius 3 is 2.08 bits per heavy atom. The standard InChI is InChI=1S/C28H26N2O5S/c1-16-11-17(2)25(18(3)12-16)30-27(33)23(14-19-13-22(35-5)9-10-24(19)31)26(32)29(28(30)36)20-7-6-8-21(15-20)34-4/h6-15,31H,1-5H3/b23-14+. The number of rotatable bonds is 5. The van der Waals surface area contributed by atoms with Crippen molar-refractivity contribution in [2.75, 3.05) is 24.0 Å². The number of phenolic OH excluding ortho intramolecular Hbond substituents is 1. The third kappa shape index (κ3) is 4.43. The Bertz CT molecular complexity index is 1410. The zero-order valence-corrected chi connectivity index (χ0v) is 21.5. The van der Waals surface area contributed by atoms with Crippen LogP contribution in [0.4, 0.5) is 11.4 Å². The lowest BCUT2D eigenvalue weighted by atomic mass is 10.0. The highest BCUT2D eigenvalue weighted by atomic mass is 32.1. The molecule has 1 N–H and O–H groups in total. The van der Waals surface area contributed by atoms with E-state index >= 15 is 0 Å². The molecule has 184 valence electrons. The summed E-state index contributed by atoms with van der Waals surface area (Å²) in [6.07, 6.45) is 1.36. The Morgan fingerprint density at radius 2 is 1.44 bits per heavy atom. The molecule has 0 unspecified atom stereocenters. The molecule has 4 rings (SSSR count). The first kappa shape index (κ1) is 24.9. The van der Waals surface area contributed by atoms with Gasteiger partial charge in [-0.2, -0.15) is 0 Å². The van der Waals surface area contributed by atoms with Gasteiger partial charge in [0.15, 0.2) is 5.11 Å². The summed E-state index contributed by atoms with van der Waals surface area (Å²) >= 11 is 5.75. The average Bonchev–Trinajstić information content (AvgIpc) is 2.84. The molecule has 0 radical (unpaired) electrons. The van der Waals surface area contributed by atoms with Crippen molar-refractivity contribution in [1.82, 2.24) is 0 Å². The number of hydrogen-bond acceptors (Lipinski definition) is 6. The maximum absolute atomic E-state index is 13.9. The lowest BCUT2D eigenvalue weighted by Gasteiger charge is -2.38. The normalized spacial score (nSPS) is 15.0. The largest absolute Gasteiger partial charge is 0.507 e. The van der Waals surface area contributed by atoms with Gasteiger partial charge in [0.25, 0.3) is 11.8 Å². The van der Waals surface area contributed by atoms with Crippen molar-refractivity contribution in [2.24, 2.45) is 0 Å². The fourth-order valence-electron chi connectivity index (χ4n) is 4.36. The van der Waals surface area contributed by atoms with Gasteiger partial charge >= 0.3 is 0 Å². The van der Waals surface area contributed by atoms with Crippen LogP contribution in [0.15, 0.2) is 60.2 Å². The number of nitrogens with zero attached hydrogens (tertiary/aromatic N) is 2. The molecule has 1 fully saturated rings. The first-order valence-corrected chi connectivity index (χ1v) is 11.6. The van der Waals surface area contributed by atoms with Crippen molar-refractivity contribution < 1.29 is 24.2 Å². The number of benzene rings is 3. The Balaban J connectivity index is 1.96. The lowest BCUT2D eigenvalue weighted by molar-refractivity contribution is -0.120. The topological polar surface area (TPSA) is 79.3 Å². The summed E-state index contributed by atoms with van der Waals surface area (Å²) < 4.78 is 10.6. The molecule has 8 heteroatoms. The van der Waals surface area contributed by atoms with Gasteiger partial charge in [-0.15, -0.1) is 0 Å². The van der Waals surface area contributed by atoms with Gasteiger partial charge in [-0.1, -0.05) is 23.8 Å². The van der Waals surface area contributed by atoms with E-state index in [0.29, 0.717) is 22.9 Å². The van der Waals surface area contributed by atoms with E-state index in [4.69, 9.17) is 21.7 Å². The molecule has 0 spiro atoms. The number of hydrogen-bond donors (Lipinski definition) is 1. The number of carbonyl (C=O) groups excluding carboxylic acids is 2. The summed E-state index contributed by atoms with van der Waals surface area (Å²) in [4.78, 5) is 30.4. The summed E-state index contributed by atoms with van der Waals surface area (Å²) in [7, 11) is 3.02. The molecule has 0 saturated carbocycles. The molecule has 36 heavy (non-hydrogen) atoms. The van der Waals surface area contributed by atoms with Crippen molar-refractivity contribution in [3.05, 3.63) is 82.4 Å². The summed E-state index contributed by atoms with van der Waals surface area (Å²) in [6.45, 7) is 5.77. The number of anilines is 2. The molecule has 0 bridgehead atoms. The third-order valence-corrected chi connectivity index (χ3v) is 6.32. The van der Waals surface area contributed by atoms with Crippen LogP contribution in [0.2, 0.25) is 0 Å². The first-order valence-electron chi connectivity index (χ1n) is 11.2. The van der Waals surface area contributed by atoms with E-state index in [1.165, 1.54) is 36.2 Å². The summed E-state index contributed by atoms with van der Waals surface area (Å²) in [5, 5.41) is 10.5. The van der Waals surface area contributed by atoms with E-state index in [-0.39, 0.29) is 22.0 Å². The smallest absolute Gasteiger partial charge is 0.270 e. The van der Waals surface area contributed by atoms with E-state index in [0.717, 1.165) is 16.7 Å². The Labute approximate surface area is 215 Å². The number of thiocarbonyl (C=S) groups is 1. The highest BCUT2D eigenvalue weighted by molar-refractivity contribution is 7.81. The molecule has 1 heterocycles. The second-order valence-electron chi connectivity index (χ2n) is 8.50. The quantitative estimate of drug-likeness (QED) is 0.298. The van der Waals surface area contributed by atoms with Crippen molar-refractivity contribution >= 4 is 46.6 Å². The molecule has 0 aromatic heterocycles. The van der Waals surface area contributed by atoms with Crippen molar-refractivity contribution in [3.63, 3.8) is 0 Å². The maximum Gasteiger partial charge on any atom is 0.270 e. The Morgan fingerprint density at radius 1 is 0.833 bits per heavy atom. The van der Waals surface area contributed by atoms with Gasteiger partial charge in [0.1, 0.15) is 22.8 Å². The zero-order valence-electron chi connectivity index (χ0n) is 20.7. The number of ether oxygens (including phenoxy) is 2. The van der Waals surface area contributed by atoms with Crippen LogP contribution in [0.5, 0.6) is 17.2 Å². The van der Waals surface area contributed by atoms with Gasteiger partial charge in [-0.25, -0.2) is 0 Å². The average molecular weight is 503 g/mol. The number of aryl methyl sites for hydroxylation is 3. The van der Waals surface area contributed by atoms with Crippen LogP contribution in [0.25, 0.3) is 6.08 Å². The van der Waals surface area contributed by atoms with Crippen LogP contribution in [0.1, 0.15) is 22.3 Å². The van der Waals surface area contributed by atoms with Crippen molar-refractivity contribution in [2.45, 2.75) is 20.8 Å². The fourth-order valence-corrected chi connectivity index (χ4v) is 4.72. The van der Waals surface area contributed by atoms with Crippen molar-refractivity contribution in [1.29, 1.82) is 0 Å². The third-order valence-electron chi connectivity index (χ3n) is 5.95. The molecule has 7 nitrogen and oxygen atoms in total. The van der Waals surface area contributed by atoms with Crippen LogP contribution in [0.3, 0.4) is 0 Å². The number of methoxy groups -OCH3 is 2. The number of amides is 2. The van der Waals surface area contributed by atoms with Gasteiger partial charge in [-0.3, -0.25) is 19.4 Å². The second kappa shape index (κ2) is 9.83. The van der Waals surface area contributed by atoms with Crippen molar-refractivity contribution in [3.8, 4) is 17.2 Å². The maximum atomic E-state index is 13.9. The molecule has 0 atom stereocenters. The highest BCUT2D eigenvalue weighted by Gasteiger charge is 2.42. The van der Waals surface area contributed by atoms with Gasteiger partial charge in [-0.05, 0) is 80.5 Å². The summed E-state index contributed by atoms with van der Waals surface area (Å²) in [5.74, 6) is -0.289. The Kier molecular flexibility index (Phi) is 6.81. The number of phenols is 1. The van der Waals surface area contributed by atoms with Gasteiger partial charge in [0.2, 0.25) is 0 Å². The number of aromatic hydroxyl groups is 1. The van der Waals surface area contributed by atoms with Gasteiger partial charge in [0, 0.05) is 11.6 Å². The van der Waals surface area contributed by atoms with E-state index in [1.807, 2.05) is 32.9 Å². The minimum Gasteiger partial charge on any atom is -0.507 e. The minimum absolute atomic E-state index is 0.0281. The van der Waals surface area contributed by atoms with E-state index in [1.54, 1.807) is 36.4 Å². The van der Waals surface area contributed by atoms with Crippen LogP contribution >= 0.6 is 12.2 Å². The predicted molar refractivity (Wildman–Crippen MR) is 144 cm³/mol. The fraction of sp³-hybridized carbons (Fsp3) is 0.179. The second-order valence-corrected chi connectivity index (χ2v) is 8.86. The Hall–Kier alpha value is -4.17. The van der Waals surface area contributed by atoms with Crippen LogP contribution in [-0.2, 0) is 9.59 Å². The van der Waals surface area contributed by atoms with Gasteiger partial charge < -0.3 is 14.6 Å². The lowest BCUT2D eigenvalue weighted by Crippen LogP contribution is -2.57. The zero-order chi connectivity index (χ0) is 26.1. The van der Waals surface area contributed by atoms with Crippen LogP contribution in [-0.4, -0.2) is 36.3 Å². The van der Waals surface area contributed by atoms with E-state index in [2.05, 4.69) is 0 Å². The molecule has 0 aliphatic carbocycles. The van der Waals surface area contributed by atoms with E-state index < -0.39 is 11.8 Å². The predicted octanol–water partition coefficient (Wildman–Crippen LogP) is 5.08. The molecule has 3 aromatic carbocycles. The van der Waals surface area contributed by atoms with Gasteiger partial charge in [0.05, 0.1) is 25.6 Å². The van der Waals surface area contributed by atoms with E-state index in [9.17, 15) is 14.7 Å². The highest BCUT2D eigenvalue weighted by Crippen LogP contribution is 2.36. The number of carbonyl (C=O) groups is 2. The SMILES string of the molecule is COc1cccc(N2C(=O)/C(=C\c3cc(OC)ccc3O)C(=O)N(c3c(C)cc(C)cc3C)C2=S)c1. The van der Waals surface area contributed by atoms with Crippen LogP contribution < -0.4 is 19.3 Å². The molecule has 2 amide bonds. The van der Waals surface area contributed by atoms with Crippen LogP contribution in [0, 0.1) is 20.8 Å². The monoisotopic (exact) mass is 502 g/mol. The molecular formula is C28H26N2O5S. The molecule has 3 aromatic rings. The molecule has 1 aliphatic heterocycles. The molecular weight excluding hydrogens is 476 g/mol. The molecule has 1 saturated heterocycles. The first-order chi connectivity index (χ1) is 17.2. The molecule has 1 aliphatic rings.